The molecule has 2 aromatic carbocycles. The number of hydrogen-bond donors (Lipinski definition) is 1. The van der Waals surface area contributed by atoms with Gasteiger partial charge in [0.1, 0.15) is 19.0 Å². The van der Waals surface area contributed by atoms with E-state index in [1.54, 1.807) is 18.2 Å². The van der Waals surface area contributed by atoms with Crippen LogP contribution in [0, 0.1) is 0 Å². The van der Waals surface area contributed by atoms with Crippen LogP contribution in [-0.2, 0) is 13.0 Å². The molecule has 26 heavy (non-hydrogen) atoms. The third kappa shape index (κ3) is 2.49. The molecule has 3 aromatic rings. The number of nitrogens with zero attached hydrogens (tertiary/aromatic N) is 2. The van der Waals surface area contributed by atoms with Gasteiger partial charge in [-0.15, -0.1) is 0 Å². The number of carbonyl (C=O) groups excluding carboxylic acids is 1. The van der Waals surface area contributed by atoms with Crippen LogP contribution in [-0.4, -0.2) is 28.7 Å². The van der Waals surface area contributed by atoms with Crippen molar-refractivity contribution in [3.05, 3.63) is 46.7 Å². The summed E-state index contributed by atoms with van der Waals surface area (Å²) in [4.78, 5) is 17.3. The molecule has 1 aromatic heterocycles. The molecular weight excluding hydrogens is 354 g/mol. The van der Waals surface area contributed by atoms with Crippen LogP contribution < -0.4 is 14.8 Å². The van der Waals surface area contributed by atoms with Gasteiger partial charge in [0.15, 0.2) is 11.5 Å². The van der Waals surface area contributed by atoms with E-state index in [4.69, 9.17) is 21.1 Å². The molecule has 0 aliphatic carbocycles. The van der Waals surface area contributed by atoms with E-state index in [9.17, 15) is 4.79 Å². The maximum atomic E-state index is 12.7. The van der Waals surface area contributed by atoms with Gasteiger partial charge in [-0.2, -0.15) is 0 Å². The SMILES string of the molecule is O=C(Nc1cc2c(cc1Cl)OCCO2)c1ccc2nc3n(c2c1)CCC3. The number of benzene rings is 2. The minimum Gasteiger partial charge on any atom is -0.486 e. The molecule has 0 saturated carbocycles. The summed E-state index contributed by atoms with van der Waals surface area (Å²) in [5.41, 5.74) is 2.99. The molecule has 0 bridgehead atoms. The van der Waals surface area contributed by atoms with Crippen LogP contribution in [0.4, 0.5) is 5.69 Å². The fourth-order valence-electron chi connectivity index (χ4n) is 3.50. The fraction of sp³-hybridized carbons (Fsp3) is 0.263. The highest BCUT2D eigenvalue weighted by atomic mass is 35.5. The van der Waals surface area contributed by atoms with Crippen LogP contribution in [0.1, 0.15) is 22.6 Å². The zero-order valence-electron chi connectivity index (χ0n) is 13.9. The topological polar surface area (TPSA) is 65.4 Å². The third-order valence-corrected chi connectivity index (χ3v) is 5.06. The van der Waals surface area contributed by atoms with Crippen LogP contribution in [0.2, 0.25) is 5.02 Å². The van der Waals surface area contributed by atoms with Crippen LogP contribution in [0.15, 0.2) is 30.3 Å². The normalized spacial score (nSPS) is 15.1. The molecule has 0 saturated heterocycles. The van der Waals surface area contributed by atoms with E-state index >= 15 is 0 Å². The van der Waals surface area contributed by atoms with Gasteiger partial charge >= 0.3 is 0 Å². The zero-order valence-corrected chi connectivity index (χ0v) is 14.7. The molecule has 132 valence electrons. The Labute approximate surface area is 154 Å². The molecule has 5 rings (SSSR count). The summed E-state index contributed by atoms with van der Waals surface area (Å²) in [5, 5.41) is 3.28. The van der Waals surface area contributed by atoms with Crippen LogP contribution in [0.25, 0.3) is 11.0 Å². The Morgan fingerprint density at radius 2 is 1.96 bits per heavy atom. The van der Waals surface area contributed by atoms with Gasteiger partial charge in [0.2, 0.25) is 0 Å². The van der Waals surface area contributed by atoms with Crippen molar-refractivity contribution in [2.45, 2.75) is 19.4 Å². The number of halogens is 1. The van der Waals surface area contributed by atoms with Crippen molar-refractivity contribution < 1.29 is 14.3 Å². The molecule has 2 aliphatic heterocycles. The number of aryl methyl sites for hydroxylation is 2. The smallest absolute Gasteiger partial charge is 0.255 e. The van der Waals surface area contributed by atoms with Crippen molar-refractivity contribution in [1.29, 1.82) is 0 Å². The van der Waals surface area contributed by atoms with Crippen molar-refractivity contribution in [2.75, 3.05) is 18.5 Å². The summed E-state index contributed by atoms with van der Waals surface area (Å²) < 4.78 is 13.2. The quantitative estimate of drug-likeness (QED) is 0.748. The number of amides is 1. The van der Waals surface area contributed by atoms with E-state index in [0.717, 1.165) is 36.2 Å². The van der Waals surface area contributed by atoms with E-state index in [1.165, 1.54) is 0 Å². The molecule has 7 heteroatoms. The van der Waals surface area contributed by atoms with Crippen LogP contribution in [0.3, 0.4) is 0 Å². The first-order valence-corrected chi connectivity index (χ1v) is 8.96. The largest absolute Gasteiger partial charge is 0.486 e. The van der Waals surface area contributed by atoms with Gasteiger partial charge in [0.25, 0.3) is 5.91 Å². The van der Waals surface area contributed by atoms with Gasteiger partial charge in [-0.3, -0.25) is 4.79 Å². The van der Waals surface area contributed by atoms with E-state index < -0.39 is 0 Å². The maximum absolute atomic E-state index is 12.7. The molecule has 0 atom stereocenters. The predicted octanol–water partition coefficient (Wildman–Crippen LogP) is 3.66. The van der Waals surface area contributed by atoms with Crippen LogP contribution in [0.5, 0.6) is 11.5 Å². The lowest BCUT2D eigenvalue weighted by molar-refractivity contribution is 0.102. The minimum absolute atomic E-state index is 0.223. The van der Waals surface area contributed by atoms with Crippen molar-refractivity contribution in [3.63, 3.8) is 0 Å². The van der Waals surface area contributed by atoms with Crippen molar-refractivity contribution in [1.82, 2.24) is 9.55 Å². The zero-order chi connectivity index (χ0) is 17.7. The van der Waals surface area contributed by atoms with Gasteiger partial charge in [0.05, 0.1) is 21.7 Å². The number of fused-ring (bicyclic) bond motifs is 4. The molecule has 6 nitrogen and oxygen atoms in total. The lowest BCUT2D eigenvalue weighted by atomic mass is 10.1. The molecule has 0 spiro atoms. The minimum atomic E-state index is -0.223. The summed E-state index contributed by atoms with van der Waals surface area (Å²) in [7, 11) is 0. The number of anilines is 1. The Bertz CT molecular complexity index is 1040. The van der Waals surface area contributed by atoms with E-state index in [-0.39, 0.29) is 5.91 Å². The van der Waals surface area contributed by atoms with Gasteiger partial charge in [-0.1, -0.05) is 11.6 Å². The first kappa shape index (κ1) is 15.5. The summed E-state index contributed by atoms with van der Waals surface area (Å²) in [6, 6.07) is 8.92. The third-order valence-electron chi connectivity index (χ3n) is 4.75. The van der Waals surface area contributed by atoms with Gasteiger partial charge in [-0.25, -0.2) is 4.98 Å². The molecule has 0 unspecified atom stereocenters. The number of hydrogen-bond acceptors (Lipinski definition) is 4. The molecule has 0 radical (unpaired) electrons. The van der Waals surface area contributed by atoms with Crippen LogP contribution >= 0.6 is 11.6 Å². The Morgan fingerprint density at radius 3 is 2.81 bits per heavy atom. The van der Waals surface area contributed by atoms with Crippen molar-refractivity contribution >= 4 is 34.2 Å². The highest BCUT2D eigenvalue weighted by Gasteiger charge is 2.19. The first-order valence-electron chi connectivity index (χ1n) is 8.59. The number of ether oxygens (including phenoxy) is 2. The van der Waals surface area contributed by atoms with Gasteiger partial charge < -0.3 is 19.4 Å². The Balaban J connectivity index is 1.46. The second kappa shape index (κ2) is 5.92. The average molecular weight is 370 g/mol. The van der Waals surface area contributed by atoms with E-state index in [0.29, 0.717) is 41.0 Å². The highest BCUT2D eigenvalue weighted by molar-refractivity contribution is 6.34. The lowest BCUT2D eigenvalue weighted by Gasteiger charge is -2.20. The maximum Gasteiger partial charge on any atom is 0.255 e. The number of imidazole rings is 1. The number of aromatic nitrogens is 2. The summed E-state index contributed by atoms with van der Waals surface area (Å²) >= 11 is 6.28. The van der Waals surface area contributed by atoms with Crippen molar-refractivity contribution in [3.8, 4) is 11.5 Å². The predicted molar refractivity (Wildman–Crippen MR) is 98.4 cm³/mol. The number of carbonyl (C=O) groups is 1. The monoisotopic (exact) mass is 369 g/mol. The standard InChI is InChI=1S/C19H16ClN3O3/c20-12-9-16-17(26-7-6-25-16)10-14(12)22-19(24)11-3-4-13-15(8-11)23-5-1-2-18(23)21-13/h3-4,8-10H,1-2,5-7H2,(H,22,24). The molecule has 1 amide bonds. The second-order valence-electron chi connectivity index (χ2n) is 6.42. The summed E-state index contributed by atoms with van der Waals surface area (Å²) in [5.74, 6) is 2.04. The van der Waals surface area contributed by atoms with Gasteiger partial charge in [0, 0.05) is 30.7 Å². The average Bonchev–Trinajstić information content (AvgIpc) is 3.23. The first-order chi connectivity index (χ1) is 12.7. The molecule has 2 aliphatic rings. The molecule has 1 N–H and O–H groups in total. The molecule has 3 heterocycles. The van der Waals surface area contributed by atoms with Crippen molar-refractivity contribution in [2.24, 2.45) is 0 Å². The second-order valence-corrected chi connectivity index (χ2v) is 6.82. The molecular formula is C19H16ClN3O3. The Morgan fingerprint density at radius 1 is 1.15 bits per heavy atom. The fourth-order valence-corrected chi connectivity index (χ4v) is 3.70. The van der Waals surface area contributed by atoms with E-state index in [2.05, 4.69) is 14.9 Å². The number of rotatable bonds is 2. The molecule has 0 fully saturated rings. The summed E-state index contributed by atoms with van der Waals surface area (Å²) in [6.07, 6.45) is 2.09. The highest BCUT2D eigenvalue weighted by Crippen LogP contribution is 2.38. The number of nitrogens with one attached hydrogen (secondary N) is 1. The Hall–Kier alpha value is -2.73. The summed E-state index contributed by atoms with van der Waals surface area (Å²) in [6.45, 7) is 1.92. The van der Waals surface area contributed by atoms with Gasteiger partial charge in [-0.05, 0) is 24.6 Å². The Kier molecular flexibility index (Phi) is 3.53. The lowest BCUT2D eigenvalue weighted by Crippen LogP contribution is -2.17. The van der Waals surface area contributed by atoms with E-state index in [1.807, 2.05) is 12.1 Å².